The van der Waals surface area contributed by atoms with Gasteiger partial charge in [-0.2, -0.15) is 0 Å². The van der Waals surface area contributed by atoms with E-state index in [0.717, 1.165) is 35.7 Å². The smallest absolute Gasteiger partial charge is 0.335 e. The van der Waals surface area contributed by atoms with Gasteiger partial charge in [-0.25, -0.2) is 4.79 Å². The number of Topliss-reactive ketones (excluding diaryl/α,β-unsaturated/α-hetero) is 2. The minimum absolute atomic E-state index is 0.00437. The summed E-state index contributed by atoms with van der Waals surface area (Å²) in [4.78, 5) is 39.5. The number of anilines is 2. The average molecular weight is 453 g/mol. The van der Waals surface area contributed by atoms with E-state index in [1.165, 1.54) is 36.6 Å². The first kappa shape index (κ1) is 20.7. The molecule has 0 spiro atoms. The van der Waals surface area contributed by atoms with Gasteiger partial charge in [0.2, 0.25) is 0 Å². The van der Waals surface area contributed by atoms with Gasteiger partial charge in [-0.05, 0) is 73.4 Å². The molecule has 170 valence electrons. The molecule has 6 nitrogen and oxygen atoms in total. The fraction of sp³-hybridized carbons (Fsp3) is 0.250. The van der Waals surface area contributed by atoms with E-state index in [1.54, 1.807) is 6.08 Å². The number of carboxylic acids is 1. The zero-order chi connectivity index (χ0) is 23.6. The summed E-state index contributed by atoms with van der Waals surface area (Å²) in [5.74, 6) is 0.189. The van der Waals surface area contributed by atoms with Crippen LogP contribution in [0, 0.1) is 6.92 Å². The van der Waals surface area contributed by atoms with E-state index >= 15 is 0 Å². The van der Waals surface area contributed by atoms with Gasteiger partial charge in [-0.1, -0.05) is 18.9 Å². The number of rotatable bonds is 3. The van der Waals surface area contributed by atoms with Crippen molar-refractivity contribution in [3.63, 3.8) is 0 Å². The number of aryl methyl sites for hydroxylation is 1. The number of benzene rings is 2. The van der Waals surface area contributed by atoms with E-state index in [-0.39, 0.29) is 28.0 Å². The molecule has 6 rings (SSSR count). The van der Waals surface area contributed by atoms with Crippen LogP contribution in [0.1, 0.15) is 79.6 Å². The second-order valence-electron chi connectivity index (χ2n) is 9.31. The minimum atomic E-state index is -1.13. The number of ketones is 2. The Morgan fingerprint density at radius 3 is 2.56 bits per heavy atom. The number of carboxylic acid groups (broad SMARTS) is 1. The zero-order valence-corrected chi connectivity index (χ0v) is 18.7. The first-order chi connectivity index (χ1) is 16.4. The van der Waals surface area contributed by atoms with Crippen molar-refractivity contribution in [3.8, 4) is 0 Å². The first-order valence-corrected chi connectivity index (χ1v) is 11.6. The summed E-state index contributed by atoms with van der Waals surface area (Å²) in [5, 5.41) is 9.24. The predicted octanol–water partition coefficient (Wildman–Crippen LogP) is 5.93. The molecule has 3 aromatic rings. The van der Waals surface area contributed by atoms with Crippen molar-refractivity contribution < 1.29 is 23.9 Å². The molecule has 0 saturated heterocycles. The Bertz CT molecular complexity index is 1410. The average Bonchev–Trinajstić information content (AvgIpc) is 3.47. The number of hydrogen-bond donors (Lipinski definition) is 1. The minimum Gasteiger partial charge on any atom is -0.478 e. The molecule has 1 N–H and O–H groups in total. The lowest BCUT2D eigenvalue weighted by Crippen LogP contribution is -2.32. The summed E-state index contributed by atoms with van der Waals surface area (Å²) >= 11 is 0. The number of allylic oxidation sites excluding steroid dienone is 1. The standard InChI is InChI=1S/C28H23NO5/c1-15-6-11-25(34-15)29-23-5-3-2-4-18(23)20-12-16(7-10-24(20)29)13-22-26(30)19-9-8-17(28(32)33)14-21(19)27(22)31/h6-14,18,23H,2-5H2,1H3,(H,32,33)/b22-13+. The van der Waals surface area contributed by atoms with Crippen molar-refractivity contribution in [1.82, 2.24) is 0 Å². The number of fused-ring (bicyclic) bond motifs is 4. The fourth-order valence-corrected chi connectivity index (χ4v) is 5.73. The normalized spacial score (nSPS) is 22.1. The monoisotopic (exact) mass is 453 g/mol. The Morgan fingerprint density at radius 2 is 1.79 bits per heavy atom. The van der Waals surface area contributed by atoms with Crippen molar-refractivity contribution in [1.29, 1.82) is 0 Å². The van der Waals surface area contributed by atoms with Gasteiger partial charge in [-0.15, -0.1) is 0 Å². The molecule has 1 aliphatic heterocycles. The van der Waals surface area contributed by atoms with E-state index in [1.807, 2.05) is 25.1 Å². The lowest BCUT2D eigenvalue weighted by Gasteiger charge is -2.31. The third kappa shape index (κ3) is 3.05. The van der Waals surface area contributed by atoms with Crippen LogP contribution in [0.25, 0.3) is 6.08 Å². The molecule has 0 amide bonds. The molecule has 1 saturated carbocycles. The molecule has 3 aliphatic rings. The summed E-state index contributed by atoms with van der Waals surface area (Å²) in [7, 11) is 0. The van der Waals surface area contributed by atoms with Crippen LogP contribution in [0.5, 0.6) is 0 Å². The van der Waals surface area contributed by atoms with E-state index in [4.69, 9.17) is 4.42 Å². The number of hydrogen-bond acceptors (Lipinski definition) is 5. The molecule has 2 atom stereocenters. The number of carbonyl (C=O) groups is 3. The van der Waals surface area contributed by atoms with Crippen LogP contribution >= 0.6 is 0 Å². The highest BCUT2D eigenvalue weighted by Gasteiger charge is 2.42. The first-order valence-electron chi connectivity index (χ1n) is 11.6. The topological polar surface area (TPSA) is 87.8 Å². The SMILES string of the molecule is Cc1ccc(N2c3ccc(/C=C4\C(=O)c5ccc(C(=O)O)cc5C4=O)cc3C3CCCCC32)o1. The van der Waals surface area contributed by atoms with Crippen LogP contribution in [0.2, 0.25) is 0 Å². The second kappa shape index (κ2) is 7.55. The van der Waals surface area contributed by atoms with E-state index in [2.05, 4.69) is 17.0 Å². The number of furan rings is 1. The maximum absolute atomic E-state index is 13.0. The Balaban J connectivity index is 1.40. The summed E-state index contributed by atoms with van der Waals surface area (Å²) in [6.07, 6.45) is 6.18. The largest absolute Gasteiger partial charge is 0.478 e. The summed E-state index contributed by atoms with van der Waals surface area (Å²) < 4.78 is 5.98. The van der Waals surface area contributed by atoms with Crippen LogP contribution in [-0.4, -0.2) is 28.7 Å². The molecule has 1 aromatic heterocycles. The summed E-state index contributed by atoms with van der Waals surface area (Å²) in [6, 6.07) is 14.5. The van der Waals surface area contributed by atoms with Gasteiger partial charge in [0.25, 0.3) is 0 Å². The predicted molar refractivity (Wildman–Crippen MR) is 127 cm³/mol. The third-order valence-electron chi connectivity index (χ3n) is 7.29. The molecule has 1 fully saturated rings. The molecule has 2 aliphatic carbocycles. The van der Waals surface area contributed by atoms with Crippen molar-refractivity contribution in [2.45, 2.75) is 44.6 Å². The van der Waals surface area contributed by atoms with Crippen LogP contribution in [0.3, 0.4) is 0 Å². The van der Waals surface area contributed by atoms with Crippen LogP contribution < -0.4 is 4.90 Å². The quantitative estimate of drug-likeness (QED) is 0.391. The van der Waals surface area contributed by atoms with Crippen molar-refractivity contribution >= 4 is 35.2 Å². The van der Waals surface area contributed by atoms with Gasteiger partial charge < -0.3 is 14.4 Å². The molecular weight excluding hydrogens is 430 g/mol. The molecule has 2 heterocycles. The Morgan fingerprint density at radius 1 is 1.00 bits per heavy atom. The Labute approximate surface area is 196 Å². The van der Waals surface area contributed by atoms with E-state index in [0.29, 0.717) is 12.0 Å². The summed E-state index contributed by atoms with van der Waals surface area (Å²) in [5.41, 5.74) is 3.62. The molecule has 2 unspecified atom stereocenters. The number of carbonyl (C=O) groups excluding carboxylic acids is 2. The van der Waals surface area contributed by atoms with Crippen molar-refractivity contribution in [2.75, 3.05) is 4.90 Å². The van der Waals surface area contributed by atoms with Gasteiger partial charge in [0.05, 0.1) is 11.1 Å². The highest BCUT2D eigenvalue weighted by molar-refractivity contribution is 6.41. The lowest BCUT2D eigenvalue weighted by molar-refractivity contribution is 0.0696. The second-order valence-corrected chi connectivity index (χ2v) is 9.31. The summed E-state index contributed by atoms with van der Waals surface area (Å²) in [6.45, 7) is 1.95. The third-order valence-corrected chi connectivity index (χ3v) is 7.29. The van der Waals surface area contributed by atoms with Crippen molar-refractivity contribution in [3.05, 3.63) is 87.7 Å². The Kier molecular flexibility index (Phi) is 4.59. The maximum atomic E-state index is 13.0. The zero-order valence-electron chi connectivity index (χ0n) is 18.7. The maximum Gasteiger partial charge on any atom is 0.335 e. The van der Waals surface area contributed by atoms with E-state index in [9.17, 15) is 19.5 Å². The van der Waals surface area contributed by atoms with Crippen LogP contribution in [0.4, 0.5) is 11.6 Å². The molecule has 0 bridgehead atoms. The van der Waals surface area contributed by atoms with Crippen LogP contribution in [0.15, 0.2) is 58.5 Å². The van der Waals surface area contributed by atoms with Crippen LogP contribution in [-0.2, 0) is 0 Å². The fourth-order valence-electron chi connectivity index (χ4n) is 5.73. The van der Waals surface area contributed by atoms with Gasteiger partial charge in [0, 0.05) is 34.8 Å². The molecule has 2 aromatic carbocycles. The number of aromatic carboxylic acids is 1. The molecule has 0 radical (unpaired) electrons. The van der Waals surface area contributed by atoms with Gasteiger partial charge in [-0.3, -0.25) is 9.59 Å². The number of nitrogens with zero attached hydrogens (tertiary/aromatic N) is 1. The van der Waals surface area contributed by atoms with Crippen molar-refractivity contribution in [2.24, 2.45) is 0 Å². The van der Waals surface area contributed by atoms with Gasteiger partial charge >= 0.3 is 5.97 Å². The lowest BCUT2D eigenvalue weighted by atomic mass is 9.82. The molecule has 6 heteroatoms. The van der Waals surface area contributed by atoms with Gasteiger partial charge in [0.15, 0.2) is 17.5 Å². The van der Waals surface area contributed by atoms with Gasteiger partial charge in [0.1, 0.15) is 5.76 Å². The molecular formula is C28H23NO5. The van der Waals surface area contributed by atoms with E-state index < -0.39 is 11.8 Å². The molecule has 34 heavy (non-hydrogen) atoms. The highest BCUT2D eigenvalue weighted by Crippen LogP contribution is 2.51. The highest BCUT2D eigenvalue weighted by atomic mass is 16.4. The Hall–Kier alpha value is -3.93.